The molecule has 0 radical (unpaired) electrons. The van der Waals surface area contributed by atoms with E-state index in [2.05, 4.69) is 13.0 Å². The number of hydrogen-bond donors (Lipinski definition) is 0. The second-order valence-corrected chi connectivity index (χ2v) is 16.0. The van der Waals surface area contributed by atoms with Gasteiger partial charge < -0.3 is 38.0 Å². The van der Waals surface area contributed by atoms with Gasteiger partial charge in [-0.2, -0.15) is 5.26 Å². The maximum Gasteiger partial charge on any atom is 0.410 e. The molecule has 0 N–H and O–H groups in total. The fraction of sp³-hybridized carbons (Fsp3) is 0.579. The zero-order chi connectivity index (χ0) is 39.3. The highest BCUT2D eigenvalue weighted by Crippen LogP contribution is 2.54. The minimum atomic E-state index is -1.93. The van der Waals surface area contributed by atoms with Gasteiger partial charge in [0.15, 0.2) is 23.0 Å². The molecule has 1 saturated heterocycles. The summed E-state index contributed by atoms with van der Waals surface area (Å²) in [6.45, 7) is 8.88. The van der Waals surface area contributed by atoms with Gasteiger partial charge in [-0.3, -0.25) is 14.6 Å². The number of piperazine rings is 1. The Morgan fingerprint density at radius 3 is 2.35 bits per heavy atom. The van der Waals surface area contributed by atoms with Gasteiger partial charge in [0.1, 0.15) is 31.3 Å². The molecule has 0 aliphatic carbocycles. The van der Waals surface area contributed by atoms with Crippen LogP contribution in [0.4, 0.5) is 4.79 Å². The lowest BCUT2D eigenvalue weighted by molar-refractivity contribution is -0.146. The Kier molecular flexibility index (Phi) is 13.6. The lowest BCUT2D eigenvalue weighted by Gasteiger charge is -2.56. The number of rotatable bonds is 15. The SMILES string of the molecule is CCCCOc1cc(C(COC(C)=O)N2[C@@H](C#N)C3Cc4cc(C)c(OC)c(OCCCC)c4C([C@@H]2C=O)N3C(=O)OCC(Cl)(Cl)Cl)c2c(c1C)OCO2. The number of fused-ring (bicyclic) bond motifs is 5. The average molecular weight is 811 g/mol. The Labute approximate surface area is 330 Å². The second kappa shape index (κ2) is 17.8. The molecule has 2 aromatic rings. The van der Waals surface area contributed by atoms with Gasteiger partial charge in [0, 0.05) is 23.6 Å². The van der Waals surface area contributed by atoms with Crippen LogP contribution in [0.3, 0.4) is 0 Å². The smallest absolute Gasteiger partial charge is 0.410 e. The molecule has 294 valence electrons. The Hall–Kier alpha value is -3.83. The lowest BCUT2D eigenvalue weighted by Crippen LogP contribution is -2.69. The number of methoxy groups -OCH3 is 1. The summed E-state index contributed by atoms with van der Waals surface area (Å²) in [6.07, 6.45) is 3.20. The van der Waals surface area contributed by atoms with Crippen molar-refractivity contribution in [1.82, 2.24) is 9.80 Å². The number of carbonyl (C=O) groups excluding carboxylic acids is 3. The number of esters is 1. The minimum Gasteiger partial charge on any atom is -0.493 e. The molecular weight excluding hydrogens is 765 g/mol. The molecule has 1 fully saturated rings. The first-order chi connectivity index (χ1) is 25.8. The lowest BCUT2D eigenvalue weighted by atomic mass is 9.76. The zero-order valence-electron chi connectivity index (χ0n) is 31.2. The largest absolute Gasteiger partial charge is 0.493 e. The van der Waals surface area contributed by atoms with Gasteiger partial charge in [-0.05, 0) is 50.3 Å². The second-order valence-electron chi connectivity index (χ2n) is 13.4. The van der Waals surface area contributed by atoms with E-state index in [0.29, 0.717) is 64.9 Å². The zero-order valence-corrected chi connectivity index (χ0v) is 33.5. The number of alkyl halides is 3. The number of carbonyl (C=O) groups is 3. The molecule has 54 heavy (non-hydrogen) atoms. The van der Waals surface area contributed by atoms with Crippen LogP contribution in [-0.2, 0) is 25.5 Å². The highest BCUT2D eigenvalue weighted by molar-refractivity contribution is 6.67. The number of amides is 1. The van der Waals surface area contributed by atoms with E-state index in [1.807, 2.05) is 26.8 Å². The van der Waals surface area contributed by atoms with Crippen molar-refractivity contribution >= 4 is 53.2 Å². The number of aryl methyl sites for hydroxylation is 1. The van der Waals surface area contributed by atoms with Crippen molar-refractivity contribution in [3.8, 4) is 34.8 Å². The molecule has 1 amide bonds. The van der Waals surface area contributed by atoms with Crippen molar-refractivity contribution in [2.24, 2.45) is 0 Å². The van der Waals surface area contributed by atoms with Gasteiger partial charge >= 0.3 is 12.1 Å². The van der Waals surface area contributed by atoms with E-state index < -0.39 is 52.7 Å². The summed E-state index contributed by atoms with van der Waals surface area (Å²) in [5.41, 5.74) is 3.23. The Balaban J connectivity index is 1.77. The number of nitrogens with zero attached hydrogens (tertiary/aromatic N) is 3. The quantitative estimate of drug-likeness (QED) is 0.0773. The number of halogens is 3. The number of hydrogen-bond acceptors (Lipinski definition) is 12. The highest BCUT2D eigenvalue weighted by atomic mass is 35.6. The van der Waals surface area contributed by atoms with E-state index in [-0.39, 0.29) is 19.8 Å². The molecule has 2 bridgehead atoms. The summed E-state index contributed by atoms with van der Waals surface area (Å²) in [5, 5.41) is 11.1. The van der Waals surface area contributed by atoms with Crippen LogP contribution in [0.25, 0.3) is 0 Å². The van der Waals surface area contributed by atoms with Gasteiger partial charge in [0.05, 0.1) is 50.6 Å². The van der Waals surface area contributed by atoms with Gasteiger partial charge in [-0.25, -0.2) is 4.79 Å². The number of benzene rings is 2. The molecule has 5 atom stereocenters. The van der Waals surface area contributed by atoms with Crippen LogP contribution in [-0.4, -0.2) is 90.4 Å². The van der Waals surface area contributed by atoms with Crippen LogP contribution in [0.5, 0.6) is 28.7 Å². The summed E-state index contributed by atoms with van der Waals surface area (Å²) in [5.74, 6) is 1.53. The number of ether oxygens (including phenoxy) is 7. The molecule has 3 heterocycles. The molecule has 16 heteroatoms. The third-order valence-corrected chi connectivity index (χ3v) is 10.2. The van der Waals surface area contributed by atoms with E-state index in [1.165, 1.54) is 18.9 Å². The highest BCUT2D eigenvalue weighted by Gasteiger charge is 2.58. The summed E-state index contributed by atoms with van der Waals surface area (Å²) < 4.78 is 39.7. The first-order valence-corrected chi connectivity index (χ1v) is 19.1. The van der Waals surface area contributed by atoms with Crippen LogP contribution in [0.15, 0.2) is 12.1 Å². The van der Waals surface area contributed by atoms with Gasteiger partial charge in [0.25, 0.3) is 0 Å². The Morgan fingerprint density at radius 1 is 1.06 bits per heavy atom. The molecule has 3 aliphatic rings. The molecular formula is C38H46Cl3N3O10. The number of nitriles is 1. The molecule has 5 rings (SSSR count). The molecule has 13 nitrogen and oxygen atoms in total. The average Bonchev–Trinajstić information content (AvgIpc) is 3.62. The number of unbranched alkanes of at least 4 members (excludes halogenated alkanes) is 2. The maximum atomic E-state index is 14.2. The maximum absolute atomic E-state index is 14.2. The molecule has 0 spiro atoms. The van der Waals surface area contributed by atoms with Crippen LogP contribution in [0.2, 0.25) is 0 Å². The van der Waals surface area contributed by atoms with Crippen LogP contribution < -0.4 is 23.7 Å². The minimum absolute atomic E-state index is 0.0836. The van der Waals surface area contributed by atoms with E-state index in [1.54, 1.807) is 11.0 Å². The topological polar surface area (TPSA) is 146 Å². The van der Waals surface area contributed by atoms with E-state index in [0.717, 1.165) is 36.8 Å². The van der Waals surface area contributed by atoms with E-state index >= 15 is 0 Å². The molecule has 0 saturated carbocycles. The summed E-state index contributed by atoms with van der Waals surface area (Å²) >= 11 is 18.0. The fourth-order valence-corrected chi connectivity index (χ4v) is 7.66. The predicted molar refractivity (Wildman–Crippen MR) is 200 cm³/mol. The number of aldehydes is 1. The van der Waals surface area contributed by atoms with Crippen LogP contribution in [0, 0.1) is 25.2 Å². The normalized spacial score (nSPS) is 20.7. The van der Waals surface area contributed by atoms with Gasteiger partial charge in [-0.15, -0.1) is 0 Å². The molecule has 3 aliphatic heterocycles. The molecule has 2 aromatic carbocycles. The fourth-order valence-electron chi connectivity index (χ4n) is 7.50. The van der Waals surface area contributed by atoms with Crippen molar-refractivity contribution in [2.45, 2.75) is 101 Å². The van der Waals surface area contributed by atoms with Crippen LogP contribution in [0.1, 0.15) is 86.4 Å². The third-order valence-electron chi connectivity index (χ3n) is 9.86. The van der Waals surface area contributed by atoms with E-state index in [4.69, 9.17) is 68.0 Å². The third kappa shape index (κ3) is 8.37. The summed E-state index contributed by atoms with van der Waals surface area (Å²) in [6, 6.07) is 0.667. The monoisotopic (exact) mass is 809 g/mol. The summed E-state index contributed by atoms with van der Waals surface area (Å²) in [4.78, 5) is 43.4. The van der Waals surface area contributed by atoms with Crippen molar-refractivity contribution in [2.75, 3.05) is 40.3 Å². The van der Waals surface area contributed by atoms with Gasteiger partial charge in [0.2, 0.25) is 10.6 Å². The van der Waals surface area contributed by atoms with Gasteiger partial charge in [-0.1, -0.05) is 67.6 Å². The first kappa shape index (κ1) is 41.3. The predicted octanol–water partition coefficient (Wildman–Crippen LogP) is 7.25. The van der Waals surface area contributed by atoms with E-state index in [9.17, 15) is 19.6 Å². The summed E-state index contributed by atoms with van der Waals surface area (Å²) in [7, 11) is 1.52. The standard InChI is InChI=1S/C38H46Cl3N3O10/c1-7-9-11-49-30-15-25(35-34(22(30)4)53-20-54-35)29(18-51-23(5)46)43-27(16-42)26-14-24-13-21(3)33(48-6)36(50-12-10-8-2)31(24)32(28(43)17-45)44(26)37(47)52-19-38(39,40)41/h13,15,17,26-29,32H,7-12,14,18-20H2,1-6H3/t26?,27-,28-,29?,32?/m0/s1. The van der Waals surface area contributed by atoms with Crippen LogP contribution >= 0.6 is 34.8 Å². The van der Waals surface area contributed by atoms with Crippen molar-refractivity contribution in [3.63, 3.8) is 0 Å². The molecule has 3 unspecified atom stereocenters. The Bertz CT molecular complexity index is 1760. The van der Waals surface area contributed by atoms with Crippen molar-refractivity contribution in [1.29, 1.82) is 5.26 Å². The van der Waals surface area contributed by atoms with Crippen molar-refractivity contribution in [3.05, 3.63) is 39.9 Å². The molecule has 0 aromatic heterocycles. The Morgan fingerprint density at radius 2 is 1.74 bits per heavy atom. The van der Waals surface area contributed by atoms with Crippen molar-refractivity contribution < 1.29 is 47.5 Å². The first-order valence-electron chi connectivity index (χ1n) is 18.0.